The van der Waals surface area contributed by atoms with Crippen molar-refractivity contribution in [3.05, 3.63) is 21.9 Å². The number of nitrogens with zero attached hydrogens (tertiary/aromatic N) is 1. The molecule has 1 aliphatic rings. The SMILES string of the molecule is CC(C)(C)C1CCN(Cc2ccc(C(=O)NN)s2)CC1. The largest absolute Gasteiger partial charge is 0.298 e. The van der Waals surface area contributed by atoms with Crippen LogP contribution in [-0.4, -0.2) is 23.9 Å². The molecule has 0 spiro atoms. The van der Waals surface area contributed by atoms with Gasteiger partial charge in [0.15, 0.2) is 0 Å². The normalized spacial score (nSPS) is 18.2. The Morgan fingerprint density at radius 1 is 1.40 bits per heavy atom. The first-order valence-electron chi connectivity index (χ1n) is 7.22. The van der Waals surface area contributed by atoms with Crippen LogP contribution in [0.1, 0.15) is 48.2 Å². The second kappa shape index (κ2) is 6.24. The van der Waals surface area contributed by atoms with E-state index in [2.05, 4.69) is 31.1 Å². The van der Waals surface area contributed by atoms with Crippen molar-refractivity contribution in [2.24, 2.45) is 17.2 Å². The van der Waals surface area contributed by atoms with E-state index < -0.39 is 0 Å². The van der Waals surface area contributed by atoms with Crippen molar-refractivity contribution in [1.82, 2.24) is 10.3 Å². The van der Waals surface area contributed by atoms with Crippen LogP contribution in [0.5, 0.6) is 0 Å². The number of nitrogens with one attached hydrogen (secondary N) is 1. The summed E-state index contributed by atoms with van der Waals surface area (Å²) < 4.78 is 0. The highest BCUT2D eigenvalue weighted by Gasteiger charge is 2.28. The molecule has 1 aromatic heterocycles. The molecule has 0 radical (unpaired) electrons. The van der Waals surface area contributed by atoms with Crippen LogP contribution in [0.4, 0.5) is 0 Å². The lowest BCUT2D eigenvalue weighted by Crippen LogP contribution is -2.37. The van der Waals surface area contributed by atoms with E-state index in [4.69, 9.17) is 5.84 Å². The molecule has 1 saturated heterocycles. The van der Waals surface area contributed by atoms with Crippen LogP contribution in [0, 0.1) is 11.3 Å². The van der Waals surface area contributed by atoms with E-state index in [9.17, 15) is 4.79 Å². The van der Waals surface area contributed by atoms with Crippen LogP contribution < -0.4 is 11.3 Å². The van der Waals surface area contributed by atoms with Gasteiger partial charge in [0.1, 0.15) is 0 Å². The number of likely N-dealkylation sites (tertiary alicyclic amines) is 1. The molecule has 0 aromatic carbocycles. The zero-order chi connectivity index (χ0) is 14.8. The van der Waals surface area contributed by atoms with Gasteiger partial charge in [-0.3, -0.25) is 15.1 Å². The van der Waals surface area contributed by atoms with Crippen LogP contribution >= 0.6 is 11.3 Å². The zero-order valence-corrected chi connectivity index (χ0v) is 13.4. The molecule has 0 atom stereocenters. The summed E-state index contributed by atoms with van der Waals surface area (Å²) in [5.41, 5.74) is 2.60. The first-order chi connectivity index (χ1) is 9.40. The minimum absolute atomic E-state index is 0.201. The summed E-state index contributed by atoms with van der Waals surface area (Å²) >= 11 is 1.53. The Balaban J connectivity index is 1.87. The number of carbonyl (C=O) groups excluding carboxylic acids is 1. The van der Waals surface area contributed by atoms with E-state index in [0.29, 0.717) is 10.3 Å². The molecule has 0 bridgehead atoms. The molecular weight excluding hydrogens is 270 g/mol. The fourth-order valence-corrected chi connectivity index (χ4v) is 3.79. The highest BCUT2D eigenvalue weighted by atomic mass is 32.1. The number of amides is 1. The van der Waals surface area contributed by atoms with Gasteiger partial charge in [-0.05, 0) is 49.4 Å². The molecule has 1 aromatic rings. The van der Waals surface area contributed by atoms with E-state index in [1.54, 1.807) is 0 Å². The smallest absolute Gasteiger partial charge is 0.275 e. The van der Waals surface area contributed by atoms with E-state index >= 15 is 0 Å². The van der Waals surface area contributed by atoms with Crippen molar-refractivity contribution >= 4 is 17.2 Å². The minimum atomic E-state index is -0.201. The second-order valence-corrected chi connectivity index (χ2v) is 7.82. The van der Waals surface area contributed by atoms with Crippen LogP contribution in [0.3, 0.4) is 0 Å². The second-order valence-electron chi connectivity index (χ2n) is 6.66. The molecule has 4 nitrogen and oxygen atoms in total. The van der Waals surface area contributed by atoms with Crippen LogP contribution in [-0.2, 0) is 6.54 Å². The van der Waals surface area contributed by atoms with E-state index in [1.807, 2.05) is 12.1 Å². The number of rotatable bonds is 3. The van der Waals surface area contributed by atoms with Gasteiger partial charge in [0, 0.05) is 11.4 Å². The third-order valence-electron chi connectivity index (χ3n) is 4.21. The molecule has 0 saturated carbocycles. The maximum atomic E-state index is 11.4. The summed E-state index contributed by atoms with van der Waals surface area (Å²) in [5.74, 6) is 5.77. The first kappa shape index (κ1) is 15.5. The van der Waals surface area contributed by atoms with E-state index in [-0.39, 0.29) is 5.91 Å². The van der Waals surface area contributed by atoms with Crippen molar-refractivity contribution in [1.29, 1.82) is 0 Å². The summed E-state index contributed by atoms with van der Waals surface area (Å²) in [6.45, 7) is 10.3. The fraction of sp³-hybridized carbons (Fsp3) is 0.667. The highest BCUT2D eigenvalue weighted by molar-refractivity contribution is 7.14. The summed E-state index contributed by atoms with van der Waals surface area (Å²) in [6, 6.07) is 3.88. The molecule has 0 unspecified atom stereocenters. The predicted octanol–water partition coefficient (Wildman–Crippen LogP) is 2.61. The molecule has 3 N–H and O–H groups in total. The summed E-state index contributed by atoms with van der Waals surface area (Å²) in [6.07, 6.45) is 2.54. The number of hydrazine groups is 1. The Kier molecular flexibility index (Phi) is 4.83. The lowest BCUT2D eigenvalue weighted by Gasteiger charge is -2.38. The van der Waals surface area contributed by atoms with Crippen molar-refractivity contribution in [3.63, 3.8) is 0 Å². The zero-order valence-electron chi connectivity index (χ0n) is 12.6. The van der Waals surface area contributed by atoms with E-state index in [0.717, 1.165) is 25.6 Å². The van der Waals surface area contributed by atoms with Crippen molar-refractivity contribution in [3.8, 4) is 0 Å². The highest BCUT2D eigenvalue weighted by Crippen LogP contribution is 2.34. The van der Waals surface area contributed by atoms with Gasteiger partial charge in [-0.2, -0.15) is 0 Å². The van der Waals surface area contributed by atoms with Crippen molar-refractivity contribution in [2.75, 3.05) is 13.1 Å². The third-order valence-corrected chi connectivity index (χ3v) is 5.28. The number of hydrogen-bond acceptors (Lipinski definition) is 4. The first-order valence-corrected chi connectivity index (χ1v) is 8.04. The minimum Gasteiger partial charge on any atom is -0.298 e. The van der Waals surface area contributed by atoms with Crippen molar-refractivity contribution < 1.29 is 4.79 Å². The molecule has 1 aliphatic heterocycles. The lowest BCUT2D eigenvalue weighted by atomic mass is 9.75. The van der Waals surface area contributed by atoms with Gasteiger partial charge >= 0.3 is 0 Å². The topological polar surface area (TPSA) is 58.4 Å². The average Bonchev–Trinajstić information content (AvgIpc) is 2.86. The molecule has 2 rings (SSSR count). The van der Waals surface area contributed by atoms with Crippen LogP contribution in [0.25, 0.3) is 0 Å². The summed E-state index contributed by atoms with van der Waals surface area (Å²) in [7, 11) is 0. The number of nitrogen functional groups attached to an aromatic ring is 1. The number of piperidine rings is 1. The number of nitrogens with two attached hydrogens (primary N) is 1. The van der Waals surface area contributed by atoms with Gasteiger partial charge in [-0.25, -0.2) is 5.84 Å². The Bertz CT molecular complexity index is 456. The number of carbonyl (C=O) groups is 1. The van der Waals surface area contributed by atoms with Crippen LogP contribution in [0.15, 0.2) is 12.1 Å². The number of hydrogen-bond donors (Lipinski definition) is 2. The molecule has 1 amide bonds. The average molecular weight is 295 g/mol. The fourth-order valence-electron chi connectivity index (χ4n) is 2.83. The molecule has 2 heterocycles. The Morgan fingerprint density at radius 2 is 2.05 bits per heavy atom. The van der Waals surface area contributed by atoms with Gasteiger partial charge in [-0.15, -0.1) is 11.3 Å². The van der Waals surface area contributed by atoms with Gasteiger partial charge in [0.05, 0.1) is 4.88 Å². The summed E-state index contributed by atoms with van der Waals surface area (Å²) in [4.78, 5) is 15.8. The maximum Gasteiger partial charge on any atom is 0.275 e. The van der Waals surface area contributed by atoms with Gasteiger partial charge in [0.2, 0.25) is 0 Å². The van der Waals surface area contributed by atoms with Gasteiger partial charge in [0.25, 0.3) is 5.91 Å². The van der Waals surface area contributed by atoms with Gasteiger partial charge in [-0.1, -0.05) is 20.8 Å². The molecule has 20 heavy (non-hydrogen) atoms. The monoisotopic (exact) mass is 295 g/mol. The van der Waals surface area contributed by atoms with Crippen LogP contribution in [0.2, 0.25) is 0 Å². The molecule has 1 fully saturated rings. The lowest BCUT2D eigenvalue weighted by molar-refractivity contribution is 0.0957. The Hall–Kier alpha value is -0.910. The third kappa shape index (κ3) is 3.81. The van der Waals surface area contributed by atoms with Crippen molar-refractivity contribution in [2.45, 2.75) is 40.2 Å². The van der Waals surface area contributed by atoms with Gasteiger partial charge < -0.3 is 0 Å². The molecule has 112 valence electrons. The Labute approximate surface area is 125 Å². The van der Waals surface area contributed by atoms with E-state index in [1.165, 1.54) is 29.1 Å². The molecular formula is C15H25N3OS. The quantitative estimate of drug-likeness (QED) is 0.512. The summed E-state index contributed by atoms with van der Waals surface area (Å²) in [5, 5.41) is 0. The Morgan fingerprint density at radius 3 is 2.60 bits per heavy atom. The number of thiophene rings is 1. The molecule has 5 heteroatoms. The standard InChI is InChI=1S/C15H25N3OS/c1-15(2,3)11-6-8-18(9-7-11)10-12-4-5-13(20-12)14(19)17-16/h4-5,11H,6-10,16H2,1-3H3,(H,17,19). The maximum absolute atomic E-state index is 11.4. The predicted molar refractivity (Wildman–Crippen MR) is 83.4 cm³/mol. The molecule has 0 aliphatic carbocycles.